The molecule has 0 saturated heterocycles. The number of imidazole rings is 1. The van der Waals surface area contributed by atoms with Crippen LogP contribution in [0.1, 0.15) is 25.1 Å². The molecule has 0 unspecified atom stereocenters. The Balaban J connectivity index is 1.74. The van der Waals surface area contributed by atoms with Crippen LogP contribution in [0.3, 0.4) is 0 Å². The number of para-hydroxylation sites is 1. The minimum absolute atomic E-state index is 0.0710. The number of nitrogens with one attached hydrogen (secondary N) is 2. The van der Waals surface area contributed by atoms with Gasteiger partial charge < -0.3 is 10.3 Å². The fourth-order valence-corrected chi connectivity index (χ4v) is 3.86. The van der Waals surface area contributed by atoms with E-state index in [0.717, 1.165) is 0 Å². The van der Waals surface area contributed by atoms with Crippen molar-refractivity contribution in [1.82, 2.24) is 24.5 Å². The number of aromatic amines is 1. The fraction of sp³-hybridized carbons (Fsp3) is 0.130. The van der Waals surface area contributed by atoms with Crippen molar-refractivity contribution >= 4 is 27.8 Å². The number of hydrogen-bond acceptors (Lipinski definition) is 5. The van der Waals surface area contributed by atoms with Crippen molar-refractivity contribution < 1.29 is 4.39 Å². The number of fused-ring (bicyclic) bond motifs is 2. The van der Waals surface area contributed by atoms with Gasteiger partial charge in [-0.2, -0.15) is 0 Å². The highest BCUT2D eigenvalue weighted by Crippen LogP contribution is 2.28. The van der Waals surface area contributed by atoms with Gasteiger partial charge in [0.25, 0.3) is 5.56 Å². The van der Waals surface area contributed by atoms with Crippen molar-refractivity contribution in [2.45, 2.75) is 19.4 Å². The highest BCUT2D eigenvalue weighted by Gasteiger charge is 2.21. The van der Waals surface area contributed by atoms with Crippen LogP contribution in [0.25, 0.3) is 27.6 Å². The Bertz CT molecular complexity index is 1440. The van der Waals surface area contributed by atoms with Crippen LogP contribution in [0.2, 0.25) is 0 Å². The van der Waals surface area contributed by atoms with E-state index in [9.17, 15) is 9.18 Å². The number of pyridine rings is 1. The van der Waals surface area contributed by atoms with Gasteiger partial charge in [-0.15, -0.1) is 0 Å². The molecule has 31 heavy (non-hydrogen) atoms. The summed E-state index contributed by atoms with van der Waals surface area (Å²) in [7, 11) is 0. The summed E-state index contributed by atoms with van der Waals surface area (Å²) in [6.07, 6.45) is 3.67. The molecule has 0 aliphatic heterocycles. The second-order valence-electron chi connectivity index (χ2n) is 7.18. The van der Waals surface area contributed by atoms with Crippen molar-refractivity contribution in [2.24, 2.45) is 0 Å². The summed E-state index contributed by atoms with van der Waals surface area (Å²) in [5.41, 5.74) is 2.21. The van der Waals surface area contributed by atoms with Gasteiger partial charge >= 0.3 is 0 Å². The van der Waals surface area contributed by atoms with Crippen molar-refractivity contribution in [3.8, 4) is 5.69 Å². The molecule has 0 aliphatic rings. The van der Waals surface area contributed by atoms with Crippen molar-refractivity contribution in [2.75, 3.05) is 5.32 Å². The Morgan fingerprint density at radius 2 is 1.94 bits per heavy atom. The molecule has 0 fully saturated rings. The third-order valence-electron chi connectivity index (χ3n) is 5.33. The number of halogens is 1. The Hall–Kier alpha value is -4.07. The molecular weight excluding hydrogens is 395 g/mol. The lowest BCUT2D eigenvalue weighted by atomic mass is 10.0. The minimum Gasteiger partial charge on any atom is -0.360 e. The molecule has 0 spiro atoms. The lowest BCUT2D eigenvalue weighted by Crippen LogP contribution is -2.27. The molecule has 0 bridgehead atoms. The third kappa shape index (κ3) is 3.22. The van der Waals surface area contributed by atoms with Crippen LogP contribution < -0.4 is 10.9 Å². The van der Waals surface area contributed by atoms with Crippen LogP contribution in [-0.2, 0) is 0 Å². The predicted molar refractivity (Wildman–Crippen MR) is 118 cm³/mol. The van der Waals surface area contributed by atoms with Crippen LogP contribution in [0.15, 0.2) is 72.0 Å². The first-order valence-corrected chi connectivity index (χ1v) is 9.97. The quantitative estimate of drug-likeness (QED) is 0.446. The van der Waals surface area contributed by atoms with Crippen LogP contribution in [0, 0.1) is 5.82 Å². The maximum atomic E-state index is 14.6. The van der Waals surface area contributed by atoms with Gasteiger partial charge in [0.2, 0.25) is 0 Å². The van der Waals surface area contributed by atoms with E-state index in [-0.39, 0.29) is 11.4 Å². The molecule has 8 heteroatoms. The Labute approximate surface area is 176 Å². The number of nitrogens with zero attached hydrogens (tertiary/aromatic N) is 4. The summed E-state index contributed by atoms with van der Waals surface area (Å²) < 4.78 is 16.2. The van der Waals surface area contributed by atoms with E-state index < -0.39 is 11.4 Å². The van der Waals surface area contributed by atoms with Gasteiger partial charge in [-0.1, -0.05) is 37.3 Å². The Morgan fingerprint density at radius 3 is 2.74 bits per heavy atom. The molecule has 7 nitrogen and oxygen atoms in total. The Kier molecular flexibility index (Phi) is 4.66. The van der Waals surface area contributed by atoms with Gasteiger partial charge in [0.05, 0.1) is 17.8 Å². The topological polar surface area (TPSA) is 88.5 Å². The van der Waals surface area contributed by atoms with E-state index in [1.165, 1.54) is 12.4 Å². The molecule has 0 aliphatic carbocycles. The molecule has 2 N–H and O–H groups in total. The molecule has 0 saturated carbocycles. The number of benzene rings is 2. The van der Waals surface area contributed by atoms with E-state index >= 15 is 0 Å². The van der Waals surface area contributed by atoms with Crippen LogP contribution in [-0.4, -0.2) is 24.5 Å². The van der Waals surface area contributed by atoms with Gasteiger partial charge in [-0.25, -0.2) is 19.3 Å². The molecular formula is C23H19FN6O. The number of H-pyrrole nitrogens is 1. The molecule has 5 aromatic rings. The van der Waals surface area contributed by atoms with Crippen LogP contribution >= 0.6 is 0 Å². The smallest absolute Gasteiger partial charge is 0.266 e. The zero-order valence-corrected chi connectivity index (χ0v) is 16.7. The highest BCUT2D eigenvalue weighted by atomic mass is 19.1. The summed E-state index contributed by atoms with van der Waals surface area (Å²) in [6.45, 7) is 2.01. The molecule has 0 amide bonds. The van der Waals surface area contributed by atoms with Gasteiger partial charge in [0.15, 0.2) is 11.5 Å². The van der Waals surface area contributed by atoms with E-state index in [0.29, 0.717) is 40.2 Å². The number of hydrogen-bond donors (Lipinski definition) is 2. The predicted octanol–water partition coefficient (Wildman–Crippen LogP) is 4.36. The largest absolute Gasteiger partial charge is 0.360 e. The second kappa shape index (κ2) is 7.64. The zero-order valence-electron chi connectivity index (χ0n) is 16.7. The first kappa shape index (κ1) is 18.9. The van der Waals surface area contributed by atoms with Crippen LogP contribution in [0.5, 0.6) is 0 Å². The van der Waals surface area contributed by atoms with E-state index in [1.807, 2.05) is 43.3 Å². The molecule has 154 valence electrons. The summed E-state index contributed by atoms with van der Waals surface area (Å²) in [6, 6.07) is 15.5. The first-order valence-electron chi connectivity index (χ1n) is 9.97. The van der Waals surface area contributed by atoms with Crippen molar-refractivity contribution in [1.29, 1.82) is 0 Å². The monoisotopic (exact) mass is 414 g/mol. The standard InChI is InChI=1S/C23H19FN6O/c1-2-17(29-22-20-21(26-12-25-20)27-13-28-22)18-11-14-7-6-10-16(24)19(14)23(31)30(18)15-8-4-3-5-9-15/h3-13,17H,2H2,1H3,(H2,25,26,27,28,29)/t17-/m1/s1. The van der Waals surface area contributed by atoms with E-state index in [2.05, 4.69) is 25.3 Å². The fourth-order valence-electron chi connectivity index (χ4n) is 3.86. The summed E-state index contributed by atoms with van der Waals surface area (Å²) in [4.78, 5) is 29.2. The SMILES string of the molecule is CC[C@@H](Nc1ncnc2[nH]cnc12)c1cc2cccc(F)c2c(=O)n1-c1ccccc1. The van der Waals surface area contributed by atoms with Crippen LogP contribution in [0.4, 0.5) is 10.2 Å². The maximum absolute atomic E-state index is 14.6. The summed E-state index contributed by atoms with van der Waals surface area (Å²) >= 11 is 0. The third-order valence-corrected chi connectivity index (χ3v) is 5.33. The normalized spacial score (nSPS) is 12.3. The zero-order chi connectivity index (χ0) is 21.4. The van der Waals surface area contributed by atoms with Gasteiger partial charge in [-0.3, -0.25) is 9.36 Å². The molecule has 2 aromatic carbocycles. The number of anilines is 1. The molecule has 5 rings (SSSR count). The average Bonchev–Trinajstić information content (AvgIpc) is 3.27. The lowest BCUT2D eigenvalue weighted by molar-refractivity contribution is 0.635. The second-order valence-corrected chi connectivity index (χ2v) is 7.18. The van der Waals surface area contributed by atoms with Gasteiger partial charge in [0, 0.05) is 11.4 Å². The maximum Gasteiger partial charge on any atom is 0.266 e. The van der Waals surface area contributed by atoms with E-state index in [1.54, 1.807) is 23.0 Å². The van der Waals surface area contributed by atoms with Crippen molar-refractivity contribution in [3.05, 3.63) is 89.1 Å². The number of aromatic nitrogens is 5. The lowest BCUT2D eigenvalue weighted by Gasteiger charge is -2.23. The molecule has 1 atom stereocenters. The number of rotatable bonds is 5. The highest BCUT2D eigenvalue weighted by molar-refractivity contribution is 5.84. The molecule has 3 heterocycles. The Morgan fingerprint density at radius 1 is 1.10 bits per heavy atom. The summed E-state index contributed by atoms with van der Waals surface area (Å²) in [5, 5.41) is 4.03. The average molecular weight is 414 g/mol. The first-order chi connectivity index (χ1) is 15.2. The van der Waals surface area contributed by atoms with E-state index in [4.69, 9.17) is 0 Å². The molecule has 3 aromatic heterocycles. The summed E-state index contributed by atoms with van der Waals surface area (Å²) in [5.74, 6) is 0.0262. The molecule has 0 radical (unpaired) electrons. The minimum atomic E-state index is -0.534. The van der Waals surface area contributed by atoms with Gasteiger partial charge in [0.1, 0.15) is 17.7 Å². The van der Waals surface area contributed by atoms with Gasteiger partial charge in [-0.05, 0) is 36.1 Å². The van der Waals surface area contributed by atoms with Crippen molar-refractivity contribution in [3.63, 3.8) is 0 Å².